The Morgan fingerprint density at radius 3 is 2.88 bits per heavy atom. The van der Waals surface area contributed by atoms with E-state index in [2.05, 4.69) is 0 Å². The number of nitrogens with zero attached hydrogens (tertiary/aromatic N) is 2. The molecule has 0 aliphatic carbocycles. The van der Waals surface area contributed by atoms with Gasteiger partial charge in [0.25, 0.3) is 11.1 Å². The van der Waals surface area contributed by atoms with Crippen molar-refractivity contribution in [1.82, 2.24) is 9.80 Å². The van der Waals surface area contributed by atoms with Gasteiger partial charge in [-0.3, -0.25) is 19.3 Å². The number of carbonyl (C=O) groups is 3. The standard InChI is InChI=1S/C17H14N2O3S3/c20-15(18-5-3-13-11(9-18)4-7-24-13)10-19-16(21)14(25-17(19)22)8-12-2-1-6-23-12/h1-2,4,6-8H,3,5,9-10H2/b14-8-. The highest BCUT2D eigenvalue weighted by Crippen LogP contribution is 2.33. The number of carbonyl (C=O) groups excluding carboxylic acids is 3. The van der Waals surface area contributed by atoms with Crippen molar-refractivity contribution >= 4 is 57.6 Å². The van der Waals surface area contributed by atoms with Crippen LogP contribution in [0.4, 0.5) is 4.79 Å². The first kappa shape index (κ1) is 16.6. The van der Waals surface area contributed by atoms with E-state index in [0.717, 1.165) is 33.5 Å². The lowest BCUT2D eigenvalue weighted by Gasteiger charge is -2.28. The smallest absolute Gasteiger partial charge is 0.294 e. The summed E-state index contributed by atoms with van der Waals surface area (Å²) in [7, 11) is 0. The number of hydrogen-bond donors (Lipinski definition) is 0. The lowest BCUT2D eigenvalue weighted by atomic mass is 10.1. The highest BCUT2D eigenvalue weighted by molar-refractivity contribution is 8.18. The van der Waals surface area contributed by atoms with E-state index < -0.39 is 0 Å². The molecule has 0 spiro atoms. The number of thioether (sulfide) groups is 1. The number of imide groups is 1. The summed E-state index contributed by atoms with van der Waals surface area (Å²) in [6, 6.07) is 5.80. The Balaban J connectivity index is 1.45. The first-order chi connectivity index (χ1) is 12.1. The van der Waals surface area contributed by atoms with Crippen molar-refractivity contribution in [3.05, 3.63) is 49.2 Å². The maximum Gasteiger partial charge on any atom is 0.294 e. The van der Waals surface area contributed by atoms with Crippen LogP contribution in [0.3, 0.4) is 0 Å². The fourth-order valence-corrected chi connectivity index (χ4v) is 5.29. The van der Waals surface area contributed by atoms with Crippen LogP contribution in [0.15, 0.2) is 33.9 Å². The summed E-state index contributed by atoms with van der Waals surface area (Å²) in [5.41, 5.74) is 1.16. The predicted molar refractivity (Wildman–Crippen MR) is 100 cm³/mol. The fraction of sp³-hybridized carbons (Fsp3) is 0.235. The Morgan fingerprint density at radius 1 is 1.20 bits per heavy atom. The van der Waals surface area contributed by atoms with Gasteiger partial charge in [-0.1, -0.05) is 6.07 Å². The molecule has 8 heteroatoms. The highest BCUT2D eigenvalue weighted by Gasteiger charge is 2.37. The van der Waals surface area contributed by atoms with Gasteiger partial charge in [-0.05, 0) is 52.7 Å². The fourth-order valence-electron chi connectivity index (χ4n) is 2.84. The topological polar surface area (TPSA) is 57.7 Å². The van der Waals surface area contributed by atoms with Gasteiger partial charge in [0, 0.05) is 22.8 Å². The summed E-state index contributed by atoms with van der Waals surface area (Å²) >= 11 is 4.10. The van der Waals surface area contributed by atoms with Gasteiger partial charge in [0.1, 0.15) is 6.54 Å². The van der Waals surface area contributed by atoms with Gasteiger partial charge < -0.3 is 4.90 Å². The molecule has 4 rings (SSSR count). The Kier molecular flexibility index (Phi) is 4.49. The van der Waals surface area contributed by atoms with Crippen molar-refractivity contribution in [2.75, 3.05) is 13.1 Å². The number of rotatable bonds is 3. The van der Waals surface area contributed by atoms with Gasteiger partial charge in [-0.2, -0.15) is 0 Å². The van der Waals surface area contributed by atoms with E-state index in [1.54, 1.807) is 22.3 Å². The molecule has 1 saturated heterocycles. The first-order valence-electron chi connectivity index (χ1n) is 7.74. The van der Waals surface area contributed by atoms with E-state index in [-0.39, 0.29) is 23.6 Å². The second kappa shape index (κ2) is 6.78. The molecule has 0 saturated carbocycles. The van der Waals surface area contributed by atoms with Crippen molar-refractivity contribution in [2.24, 2.45) is 0 Å². The molecule has 0 aromatic carbocycles. The van der Waals surface area contributed by atoms with Crippen LogP contribution in [-0.2, 0) is 22.6 Å². The van der Waals surface area contributed by atoms with Crippen LogP contribution >= 0.6 is 34.4 Å². The SMILES string of the molecule is O=C(CN1C(=O)S/C(=C\c2cccs2)C1=O)N1CCc2sccc2C1. The molecular formula is C17H14N2O3S3. The summed E-state index contributed by atoms with van der Waals surface area (Å²) in [5.74, 6) is -0.568. The zero-order valence-corrected chi connectivity index (χ0v) is 15.6. The minimum atomic E-state index is -0.384. The van der Waals surface area contributed by atoms with Crippen molar-refractivity contribution in [2.45, 2.75) is 13.0 Å². The van der Waals surface area contributed by atoms with Crippen LogP contribution in [0.1, 0.15) is 15.3 Å². The predicted octanol–water partition coefficient (Wildman–Crippen LogP) is 3.43. The lowest BCUT2D eigenvalue weighted by Crippen LogP contribution is -2.43. The molecule has 0 N–H and O–H groups in total. The van der Waals surface area contributed by atoms with Crippen LogP contribution in [0, 0.1) is 0 Å². The molecule has 0 atom stereocenters. The Hall–Kier alpha value is -1.90. The van der Waals surface area contributed by atoms with E-state index in [1.807, 2.05) is 29.0 Å². The molecule has 0 unspecified atom stereocenters. The molecule has 2 aliphatic rings. The van der Waals surface area contributed by atoms with Crippen molar-refractivity contribution < 1.29 is 14.4 Å². The molecule has 0 bridgehead atoms. The van der Waals surface area contributed by atoms with E-state index in [0.29, 0.717) is 18.0 Å². The van der Waals surface area contributed by atoms with Crippen LogP contribution in [-0.4, -0.2) is 39.9 Å². The van der Waals surface area contributed by atoms with Crippen LogP contribution < -0.4 is 0 Å². The maximum absolute atomic E-state index is 12.6. The summed E-state index contributed by atoms with van der Waals surface area (Å²) in [4.78, 5) is 42.6. The third-order valence-electron chi connectivity index (χ3n) is 4.14. The van der Waals surface area contributed by atoms with E-state index in [9.17, 15) is 14.4 Å². The molecule has 128 valence electrons. The Bertz CT molecular complexity index is 870. The maximum atomic E-state index is 12.6. The summed E-state index contributed by atoms with van der Waals surface area (Å²) < 4.78 is 0. The average molecular weight is 391 g/mol. The van der Waals surface area contributed by atoms with Crippen LogP contribution in [0.2, 0.25) is 0 Å². The van der Waals surface area contributed by atoms with Crippen molar-refractivity contribution in [1.29, 1.82) is 0 Å². The molecule has 2 aromatic rings. The molecule has 2 aliphatic heterocycles. The summed E-state index contributed by atoms with van der Waals surface area (Å²) in [6.07, 6.45) is 2.54. The third-order valence-corrected chi connectivity index (χ3v) is 6.89. The first-order valence-corrected chi connectivity index (χ1v) is 10.3. The summed E-state index contributed by atoms with van der Waals surface area (Å²) in [6.45, 7) is 0.998. The largest absolute Gasteiger partial charge is 0.336 e. The highest BCUT2D eigenvalue weighted by atomic mass is 32.2. The van der Waals surface area contributed by atoms with Crippen molar-refractivity contribution in [3.63, 3.8) is 0 Å². The monoisotopic (exact) mass is 390 g/mol. The van der Waals surface area contributed by atoms with Gasteiger partial charge in [-0.25, -0.2) is 0 Å². The second-order valence-electron chi connectivity index (χ2n) is 5.72. The molecular weight excluding hydrogens is 376 g/mol. The molecule has 4 heterocycles. The average Bonchev–Trinajstić information content (AvgIpc) is 3.32. The Labute approximate surface area is 156 Å². The molecule has 1 fully saturated rings. The number of amides is 3. The van der Waals surface area contributed by atoms with E-state index in [1.165, 1.54) is 16.2 Å². The minimum Gasteiger partial charge on any atom is -0.336 e. The molecule has 2 aromatic heterocycles. The van der Waals surface area contributed by atoms with Crippen LogP contribution in [0.5, 0.6) is 0 Å². The number of hydrogen-bond acceptors (Lipinski definition) is 6. The van der Waals surface area contributed by atoms with E-state index in [4.69, 9.17) is 0 Å². The number of fused-ring (bicyclic) bond motifs is 1. The quantitative estimate of drug-likeness (QED) is 0.754. The van der Waals surface area contributed by atoms with Gasteiger partial charge in [0.15, 0.2) is 0 Å². The molecule has 0 radical (unpaired) electrons. The zero-order chi connectivity index (χ0) is 17.4. The van der Waals surface area contributed by atoms with Gasteiger partial charge in [-0.15, -0.1) is 22.7 Å². The Morgan fingerprint density at radius 2 is 2.08 bits per heavy atom. The lowest BCUT2D eigenvalue weighted by molar-refractivity contribution is -0.136. The van der Waals surface area contributed by atoms with E-state index >= 15 is 0 Å². The molecule has 3 amide bonds. The van der Waals surface area contributed by atoms with Crippen LogP contribution in [0.25, 0.3) is 6.08 Å². The zero-order valence-electron chi connectivity index (χ0n) is 13.1. The van der Waals surface area contributed by atoms with Crippen molar-refractivity contribution in [3.8, 4) is 0 Å². The minimum absolute atomic E-state index is 0.184. The normalized spacial score (nSPS) is 19.0. The number of thiophene rings is 2. The van der Waals surface area contributed by atoms with Gasteiger partial charge >= 0.3 is 0 Å². The summed E-state index contributed by atoms with van der Waals surface area (Å²) in [5, 5.41) is 3.56. The van der Waals surface area contributed by atoms with Gasteiger partial charge in [0.2, 0.25) is 5.91 Å². The molecule has 5 nitrogen and oxygen atoms in total. The van der Waals surface area contributed by atoms with Gasteiger partial charge in [0.05, 0.1) is 4.91 Å². The molecule has 25 heavy (non-hydrogen) atoms. The second-order valence-corrected chi connectivity index (χ2v) is 8.69. The third kappa shape index (κ3) is 3.29.